The number of nitro benzene ring substituents is 1. The Labute approximate surface area is 199 Å². The molecule has 34 heavy (non-hydrogen) atoms. The summed E-state index contributed by atoms with van der Waals surface area (Å²) in [6, 6.07) is 22.6. The number of nitro groups is 1. The molecule has 1 heterocycles. The Morgan fingerprint density at radius 2 is 1.56 bits per heavy atom. The fourth-order valence-corrected chi connectivity index (χ4v) is 4.16. The number of para-hydroxylation sites is 3. The molecule has 1 aliphatic rings. The highest BCUT2D eigenvalue weighted by molar-refractivity contribution is 8.18. The van der Waals surface area contributed by atoms with E-state index in [-0.39, 0.29) is 22.7 Å². The summed E-state index contributed by atoms with van der Waals surface area (Å²) < 4.78 is 11.5. The number of thioether (sulfide) groups is 1. The predicted octanol–water partition coefficient (Wildman–Crippen LogP) is 5.29. The summed E-state index contributed by atoms with van der Waals surface area (Å²) in [7, 11) is 0. The molecule has 172 valence electrons. The number of amides is 2. The van der Waals surface area contributed by atoms with Gasteiger partial charge >= 0.3 is 0 Å². The van der Waals surface area contributed by atoms with Crippen molar-refractivity contribution >= 4 is 34.7 Å². The van der Waals surface area contributed by atoms with Crippen molar-refractivity contribution in [3.63, 3.8) is 0 Å². The second-order valence-electron chi connectivity index (χ2n) is 7.20. The van der Waals surface area contributed by atoms with Crippen LogP contribution in [0.3, 0.4) is 0 Å². The first-order valence-electron chi connectivity index (χ1n) is 10.4. The van der Waals surface area contributed by atoms with Gasteiger partial charge in [-0.1, -0.05) is 54.6 Å². The highest BCUT2D eigenvalue weighted by Crippen LogP contribution is 2.35. The molecule has 1 aliphatic heterocycles. The molecule has 0 N–H and O–H groups in total. The number of hydrogen-bond donors (Lipinski definition) is 0. The second kappa shape index (κ2) is 10.7. The molecule has 0 saturated carbocycles. The Balaban J connectivity index is 1.45. The summed E-state index contributed by atoms with van der Waals surface area (Å²) in [4.78, 5) is 37.4. The molecule has 0 bridgehead atoms. The van der Waals surface area contributed by atoms with E-state index in [1.807, 2.05) is 36.4 Å². The van der Waals surface area contributed by atoms with Gasteiger partial charge < -0.3 is 9.47 Å². The van der Waals surface area contributed by atoms with Crippen LogP contribution in [0.2, 0.25) is 0 Å². The zero-order valence-electron chi connectivity index (χ0n) is 18.0. The van der Waals surface area contributed by atoms with Crippen LogP contribution in [-0.4, -0.2) is 34.2 Å². The zero-order chi connectivity index (χ0) is 23.9. The fraction of sp³-hybridized carbons (Fsp3) is 0.120. The van der Waals surface area contributed by atoms with E-state index in [9.17, 15) is 19.7 Å². The molecule has 0 radical (unpaired) electrons. The molecule has 9 heteroatoms. The van der Waals surface area contributed by atoms with Crippen LogP contribution < -0.4 is 9.47 Å². The van der Waals surface area contributed by atoms with E-state index in [0.717, 1.165) is 22.4 Å². The Morgan fingerprint density at radius 3 is 2.35 bits per heavy atom. The van der Waals surface area contributed by atoms with Crippen molar-refractivity contribution in [3.05, 3.63) is 105 Å². The van der Waals surface area contributed by atoms with Crippen LogP contribution in [0.1, 0.15) is 11.1 Å². The summed E-state index contributed by atoms with van der Waals surface area (Å²) in [6.07, 6.45) is 1.59. The maximum Gasteiger partial charge on any atom is 0.293 e. The van der Waals surface area contributed by atoms with Gasteiger partial charge in [0.15, 0.2) is 0 Å². The quantitative estimate of drug-likeness (QED) is 0.179. The molecule has 3 aromatic carbocycles. The molecule has 0 aromatic heterocycles. The molecule has 2 amide bonds. The number of rotatable bonds is 9. The van der Waals surface area contributed by atoms with Gasteiger partial charge in [-0.15, -0.1) is 0 Å². The molecular formula is C25H20N2O6S. The van der Waals surface area contributed by atoms with Crippen molar-refractivity contribution < 1.29 is 24.0 Å². The van der Waals surface area contributed by atoms with E-state index in [0.29, 0.717) is 24.5 Å². The Bertz CT molecular complexity index is 1240. The Morgan fingerprint density at radius 1 is 0.882 bits per heavy atom. The highest BCUT2D eigenvalue weighted by Gasteiger charge is 2.36. The molecule has 0 spiro atoms. The summed E-state index contributed by atoms with van der Waals surface area (Å²) in [6.45, 7) is 0.456. The monoisotopic (exact) mass is 476 g/mol. The van der Waals surface area contributed by atoms with Crippen LogP contribution in [0.5, 0.6) is 11.5 Å². The molecule has 8 nitrogen and oxygen atoms in total. The lowest BCUT2D eigenvalue weighted by atomic mass is 10.1. The third kappa shape index (κ3) is 5.44. The molecule has 0 unspecified atom stereocenters. The van der Waals surface area contributed by atoms with E-state index >= 15 is 0 Å². The largest absolute Gasteiger partial charge is 0.490 e. The minimum Gasteiger partial charge on any atom is -0.490 e. The number of carbonyl (C=O) groups is 2. The first-order valence-corrected chi connectivity index (χ1v) is 11.2. The number of ether oxygens (including phenoxy) is 2. The summed E-state index contributed by atoms with van der Waals surface area (Å²) in [5.41, 5.74) is 0.790. The fourth-order valence-electron chi connectivity index (χ4n) is 3.33. The van der Waals surface area contributed by atoms with Gasteiger partial charge in [-0.3, -0.25) is 24.6 Å². The average Bonchev–Trinajstić information content (AvgIpc) is 3.11. The summed E-state index contributed by atoms with van der Waals surface area (Å²) >= 11 is 0.793. The van der Waals surface area contributed by atoms with Crippen molar-refractivity contribution in [2.45, 2.75) is 6.54 Å². The molecule has 1 fully saturated rings. The maximum absolute atomic E-state index is 12.9. The number of imide groups is 1. The maximum atomic E-state index is 12.9. The van der Waals surface area contributed by atoms with Crippen LogP contribution in [0, 0.1) is 10.1 Å². The molecule has 0 atom stereocenters. The lowest BCUT2D eigenvalue weighted by Gasteiger charge is -2.12. The third-order valence-corrected chi connectivity index (χ3v) is 5.86. The van der Waals surface area contributed by atoms with E-state index in [1.54, 1.807) is 30.3 Å². The SMILES string of the molecule is O=C1S/C(=C\c2ccccc2OCCOc2ccccc2)C(=O)N1Cc1ccccc1[N+](=O)[O-]. The van der Waals surface area contributed by atoms with Gasteiger partial charge in [-0.05, 0) is 36.0 Å². The van der Waals surface area contributed by atoms with Crippen LogP contribution in [0.25, 0.3) is 6.08 Å². The lowest BCUT2D eigenvalue weighted by Crippen LogP contribution is -2.27. The van der Waals surface area contributed by atoms with Gasteiger partial charge in [-0.25, -0.2) is 0 Å². The van der Waals surface area contributed by atoms with E-state index < -0.39 is 16.1 Å². The molecule has 1 saturated heterocycles. The molecule has 4 rings (SSSR count). The normalized spacial score (nSPS) is 14.5. The first-order chi connectivity index (χ1) is 16.5. The van der Waals surface area contributed by atoms with Gasteiger partial charge in [0.2, 0.25) is 0 Å². The van der Waals surface area contributed by atoms with E-state index in [4.69, 9.17) is 9.47 Å². The van der Waals surface area contributed by atoms with Gasteiger partial charge in [0.25, 0.3) is 16.8 Å². The van der Waals surface area contributed by atoms with Crippen molar-refractivity contribution in [2.24, 2.45) is 0 Å². The molecular weight excluding hydrogens is 456 g/mol. The predicted molar refractivity (Wildman–Crippen MR) is 128 cm³/mol. The van der Waals surface area contributed by atoms with E-state index in [2.05, 4.69) is 0 Å². The topological polar surface area (TPSA) is 99.0 Å². The number of nitrogens with zero attached hydrogens (tertiary/aromatic N) is 2. The average molecular weight is 477 g/mol. The van der Waals surface area contributed by atoms with Gasteiger partial charge in [0, 0.05) is 17.2 Å². The number of hydrogen-bond acceptors (Lipinski definition) is 7. The van der Waals surface area contributed by atoms with Crippen LogP contribution >= 0.6 is 11.8 Å². The minimum atomic E-state index is -0.528. The number of benzene rings is 3. The zero-order valence-corrected chi connectivity index (χ0v) is 18.8. The van der Waals surface area contributed by atoms with Crippen molar-refractivity contribution in [3.8, 4) is 11.5 Å². The van der Waals surface area contributed by atoms with Crippen LogP contribution in [0.4, 0.5) is 10.5 Å². The highest BCUT2D eigenvalue weighted by atomic mass is 32.2. The number of carbonyl (C=O) groups excluding carboxylic acids is 2. The minimum absolute atomic E-state index is 0.137. The van der Waals surface area contributed by atoms with E-state index in [1.165, 1.54) is 18.2 Å². The van der Waals surface area contributed by atoms with Crippen molar-refractivity contribution in [1.29, 1.82) is 0 Å². The van der Waals surface area contributed by atoms with Crippen LogP contribution in [0.15, 0.2) is 83.8 Å². The van der Waals surface area contributed by atoms with Gasteiger partial charge in [0.05, 0.1) is 16.4 Å². The Kier molecular flexibility index (Phi) is 7.24. The van der Waals surface area contributed by atoms with Gasteiger partial charge in [0.1, 0.15) is 24.7 Å². The smallest absolute Gasteiger partial charge is 0.293 e. The van der Waals surface area contributed by atoms with Crippen LogP contribution in [-0.2, 0) is 11.3 Å². The third-order valence-electron chi connectivity index (χ3n) is 4.95. The first kappa shape index (κ1) is 23.1. The van der Waals surface area contributed by atoms with Crippen molar-refractivity contribution in [1.82, 2.24) is 4.90 Å². The van der Waals surface area contributed by atoms with Gasteiger partial charge in [-0.2, -0.15) is 0 Å². The summed E-state index contributed by atoms with van der Waals surface area (Å²) in [5, 5.41) is 10.8. The summed E-state index contributed by atoms with van der Waals surface area (Å²) in [5.74, 6) is 0.784. The molecule has 3 aromatic rings. The standard InChI is InChI=1S/C25H20N2O6S/c28-24-23(34-25(29)26(24)17-19-9-4-6-12-21(19)27(30)31)16-18-8-5-7-13-22(18)33-15-14-32-20-10-2-1-3-11-20/h1-13,16H,14-15,17H2/b23-16-. The second-order valence-corrected chi connectivity index (χ2v) is 8.19. The molecule has 0 aliphatic carbocycles. The lowest BCUT2D eigenvalue weighted by molar-refractivity contribution is -0.385. The van der Waals surface area contributed by atoms with Crippen molar-refractivity contribution in [2.75, 3.05) is 13.2 Å². The Hall–Kier alpha value is -4.11.